The van der Waals surface area contributed by atoms with Gasteiger partial charge in [-0.2, -0.15) is 0 Å². The summed E-state index contributed by atoms with van der Waals surface area (Å²) in [6.07, 6.45) is 2.25. The normalized spacial score (nSPS) is 16.7. The molecule has 1 fully saturated rings. The zero-order chi connectivity index (χ0) is 17.8. The maximum atomic E-state index is 12.3. The van der Waals surface area contributed by atoms with Gasteiger partial charge in [0.25, 0.3) is 11.8 Å². The van der Waals surface area contributed by atoms with Crippen molar-refractivity contribution in [2.75, 3.05) is 19.7 Å². The van der Waals surface area contributed by atoms with E-state index >= 15 is 0 Å². The first-order chi connectivity index (χ1) is 12.0. The number of carbonyl (C=O) groups is 2. The smallest absolute Gasteiger partial charge is 0.260 e. The van der Waals surface area contributed by atoms with Gasteiger partial charge in [0.2, 0.25) is 0 Å². The highest BCUT2D eigenvalue weighted by molar-refractivity contribution is 5.93. The fourth-order valence-electron chi connectivity index (χ4n) is 2.87. The minimum atomic E-state index is -0.537. The molecule has 1 saturated heterocycles. The largest absolute Gasteiger partial charge is 0.484 e. The van der Waals surface area contributed by atoms with Gasteiger partial charge in [-0.1, -0.05) is 18.2 Å². The number of aryl methyl sites for hydroxylation is 1. The van der Waals surface area contributed by atoms with Crippen molar-refractivity contribution >= 4 is 11.8 Å². The number of ether oxygens (including phenoxy) is 1. The zero-order valence-electron chi connectivity index (χ0n) is 14.0. The molecule has 0 saturated carbocycles. The highest BCUT2D eigenvalue weighted by atomic mass is 16.5. The maximum Gasteiger partial charge on any atom is 0.260 e. The van der Waals surface area contributed by atoms with Gasteiger partial charge in [0.05, 0.1) is 11.3 Å². The molecule has 3 rings (SSSR count). The second kappa shape index (κ2) is 7.29. The molecule has 2 amide bonds. The molecule has 1 aromatic heterocycles. The van der Waals surface area contributed by atoms with E-state index in [1.54, 1.807) is 11.8 Å². The van der Waals surface area contributed by atoms with Gasteiger partial charge in [0.15, 0.2) is 6.61 Å². The number of nitrogens with two attached hydrogens (primary N) is 1. The van der Waals surface area contributed by atoms with Crippen molar-refractivity contribution in [3.63, 3.8) is 0 Å². The van der Waals surface area contributed by atoms with Crippen LogP contribution in [0.25, 0.3) is 0 Å². The summed E-state index contributed by atoms with van der Waals surface area (Å²) >= 11 is 0. The average molecular weight is 340 g/mol. The van der Waals surface area contributed by atoms with E-state index in [2.05, 4.69) is 9.97 Å². The van der Waals surface area contributed by atoms with Crippen LogP contribution in [0.5, 0.6) is 5.75 Å². The molecule has 2 N–H and O–H groups in total. The van der Waals surface area contributed by atoms with E-state index in [1.807, 2.05) is 30.3 Å². The molecule has 1 aliphatic heterocycles. The quantitative estimate of drug-likeness (QED) is 0.884. The highest BCUT2D eigenvalue weighted by Gasteiger charge is 2.29. The molecular weight excluding hydrogens is 320 g/mol. The number of aromatic nitrogens is 2. The van der Waals surface area contributed by atoms with E-state index in [0.29, 0.717) is 35.9 Å². The molecule has 7 heteroatoms. The first-order valence-electron chi connectivity index (χ1n) is 8.13. The Morgan fingerprint density at radius 1 is 1.32 bits per heavy atom. The number of para-hydroxylation sites is 1. The fourth-order valence-corrected chi connectivity index (χ4v) is 2.87. The zero-order valence-corrected chi connectivity index (χ0v) is 14.0. The second-order valence-corrected chi connectivity index (χ2v) is 6.02. The van der Waals surface area contributed by atoms with Crippen molar-refractivity contribution in [2.45, 2.75) is 19.3 Å². The van der Waals surface area contributed by atoms with Gasteiger partial charge in [-0.15, -0.1) is 0 Å². The summed E-state index contributed by atoms with van der Waals surface area (Å²) in [6.45, 7) is 2.93. The Morgan fingerprint density at radius 2 is 2.08 bits per heavy atom. The van der Waals surface area contributed by atoms with Gasteiger partial charge in [-0.25, -0.2) is 9.97 Å². The van der Waals surface area contributed by atoms with Crippen LogP contribution in [0.1, 0.15) is 34.2 Å². The lowest BCUT2D eigenvalue weighted by molar-refractivity contribution is -0.132. The third-order valence-corrected chi connectivity index (χ3v) is 4.28. The van der Waals surface area contributed by atoms with Crippen LogP contribution in [0.4, 0.5) is 0 Å². The number of nitrogens with zero attached hydrogens (tertiary/aromatic N) is 3. The molecule has 1 unspecified atom stereocenters. The van der Waals surface area contributed by atoms with Crippen molar-refractivity contribution in [1.29, 1.82) is 0 Å². The van der Waals surface area contributed by atoms with Crippen molar-refractivity contribution in [3.8, 4) is 5.75 Å². The van der Waals surface area contributed by atoms with Crippen molar-refractivity contribution in [2.24, 2.45) is 5.73 Å². The Labute approximate surface area is 145 Å². The minimum Gasteiger partial charge on any atom is -0.484 e. The predicted octanol–water partition coefficient (Wildman–Crippen LogP) is 1.28. The number of rotatable bonds is 5. The summed E-state index contributed by atoms with van der Waals surface area (Å²) in [4.78, 5) is 34.0. The van der Waals surface area contributed by atoms with Crippen LogP contribution in [0.3, 0.4) is 0 Å². The molecule has 25 heavy (non-hydrogen) atoms. The van der Waals surface area contributed by atoms with Crippen LogP contribution in [0.15, 0.2) is 36.5 Å². The van der Waals surface area contributed by atoms with Gasteiger partial charge in [0, 0.05) is 25.2 Å². The monoisotopic (exact) mass is 340 g/mol. The number of carbonyl (C=O) groups excluding carboxylic acids is 2. The third-order valence-electron chi connectivity index (χ3n) is 4.28. The first kappa shape index (κ1) is 16.9. The lowest BCUT2D eigenvalue weighted by Gasteiger charge is -2.17. The summed E-state index contributed by atoms with van der Waals surface area (Å²) in [6, 6.07) is 9.25. The Balaban J connectivity index is 1.58. The molecule has 2 aromatic rings. The highest BCUT2D eigenvalue weighted by Crippen LogP contribution is 2.25. The summed E-state index contributed by atoms with van der Waals surface area (Å²) in [5, 5.41) is 0. The molecule has 0 bridgehead atoms. The van der Waals surface area contributed by atoms with Crippen molar-refractivity contribution < 1.29 is 14.3 Å². The Hall–Kier alpha value is -2.96. The molecule has 0 radical (unpaired) electrons. The average Bonchev–Trinajstić information content (AvgIpc) is 3.10. The molecular formula is C18H20N4O3. The van der Waals surface area contributed by atoms with Crippen LogP contribution >= 0.6 is 0 Å². The molecule has 0 spiro atoms. The third kappa shape index (κ3) is 3.93. The van der Waals surface area contributed by atoms with E-state index in [-0.39, 0.29) is 18.4 Å². The van der Waals surface area contributed by atoms with Gasteiger partial charge in [0.1, 0.15) is 11.6 Å². The van der Waals surface area contributed by atoms with E-state index < -0.39 is 5.91 Å². The van der Waals surface area contributed by atoms with Gasteiger partial charge in [-0.05, 0) is 25.5 Å². The van der Waals surface area contributed by atoms with Crippen LogP contribution in [-0.4, -0.2) is 46.4 Å². The Morgan fingerprint density at radius 3 is 2.76 bits per heavy atom. The summed E-state index contributed by atoms with van der Waals surface area (Å²) in [5.74, 6) is 0.776. The van der Waals surface area contributed by atoms with Gasteiger partial charge >= 0.3 is 0 Å². The van der Waals surface area contributed by atoms with Crippen molar-refractivity contribution in [1.82, 2.24) is 14.9 Å². The van der Waals surface area contributed by atoms with Crippen LogP contribution in [0.2, 0.25) is 0 Å². The summed E-state index contributed by atoms with van der Waals surface area (Å²) in [7, 11) is 0. The lowest BCUT2D eigenvalue weighted by Crippen LogP contribution is -2.33. The van der Waals surface area contributed by atoms with Gasteiger partial charge in [-0.3, -0.25) is 9.59 Å². The number of hydrogen-bond donors (Lipinski definition) is 1. The number of primary amides is 1. The van der Waals surface area contributed by atoms with E-state index in [0.717, 1.165) is 6.42 Å². The minimum absolute atomic E-state index is 0.0111. The molecule has 1 aliphatic rings. The Kier molecular flexibility index (Phi) is 4.92. The molecule has 1 aromatic carbocycles. The predicted molar refractivity (Wildman–Crippen MR) is 91.2 cm³/mol. The van der Waals surface area contributed by atoms with Crippen molar-refractivity contribution in [3.05, 3.63) is 53.6 Å². The number of benzene rings is 1. The SMILES string of the molecule is Cc1nc(C2CCN(C(=O)COc3ccccc3)C2)ncc1C(N)=O. The molecule has 2 heterocycles. The first-order valence-corrected chi connectivity index (χ1v) is 8.13. The van der Waals surface area contributed by atoms with Crippen LogP contribution < -0.4 is 10.5 Å². The summed E-state index contributed by atoms with van der Waals surface area (Å²) in [5.41, 5.74) is 6.16. The standard InChI is InChI=1S/C18H20N4O3/c1-12-15(17(19)24)9-20-18(21-12)13-7-8-22(10-13)16(23)11-25-14-5-3-2-4-6-14/h2-6,9,13H,7-8,10-11H2,1H3,(H2,19,24). The second-order valence-electron chi connectivity index (χ2n) is 6.02. The van der Waals surface area contributed by atoms with Crippen LogP contribution in [-0.2, 0) is 4.79 Å². The maximum absolute atomic E-state index is 12.3. The lowest BCUT2D eigenvalue weighted by atomic mass is 10.1. The summed E-state index contributed by atoms with van der Waals surface area (Å²) < 4.78 is 5.51. The number of likely N-dealkylation sites (tertiary alicyclic amines) is 1. The fraction of sp³-hybridized carbons (Fsp3) is 0.333. The topological polar surface area (TPSA) is 98.4 Å². The molecule has 7 nitrogen and oxygen atoms in total. The number of amides is 2. The number of hydrogen-bond acceptors (Lipinski definition) is 5. The van der Waals surface area contributed by atoms with Crippen LogP contribution in [0, 0.1) is 6.92 Å². The molecule has 0 aliphatic carbocycles. The van der Waals surface area contributed by atoms with Gasteiger partial charge < -0.3 is 15.4 Å². The van der Waals surface area contributed by atoms with E-state index in [9.17, 15) is 9.59 Å². The molecule has 1 atom stereocenters. The van der Waals surface area contributed by atoms with E-state index in [1.165, 1.54) is 6.20 Å². The Bertz CT molecular complexity index is 779. The molecule has 130 valence electrons. The van der Waals surface area contributed by atoms with E-state index in [4.69, 9.17) is 10.5 Å².